The predicted octanol–water partition coefficient (Wildman–Crippen LogP) is 3.89. The third-order valence-corrected chi connectivity index (χ3v) is 5.75. The van der Waals surface area contributed by atoms with Crippen LogP contribution in [0.3, 0.4) is 0 Å². The number of anilines is 1. The molecule has 5 rings (SSSR count). The molecule has 0 fully saturated rings. The van der Waals surface area contributed by atoms with Crippen LogP contribution in [-0.2, 0) is 6.61 Å². The van der Waals surface area contributed by atoms with E-state index in [-0.39, 0.29) is 24.9 Å². The molecule has 0 saturated heterocycles. The predicted molar refractivity (Wildman–Crippen MR) is 116 cm³/mol. The van der Waals surface area contributed by atoms with Crippen molar-refractivity contribution in [1.82, 2.24) is 19.7 Å². The Labute approximate surface area is 181 Å². The summed E-state index contributed by atoms with van der Waals surface area (Å²) in [5, 5.41) is 18.9. The first kappa shape index (κ1) is 19.0. The fourth-order valence-electron chi connectivity index (χ4n) is 3.31. The second-order valence-electron chi connectivity index (χ2n) is 6.99. The number of rotatable bonds is 5. The summed E-state index contributed by atoms with van der Waals surface area (Å²) < 4.78 is 7.12. The van der Waals surface area contributed by atoms with Crippen LogP contribution in [0.4, 0.5) is 5.95 Å². The van der Waals surface area contributed by atoms with Gasteiger partial charge in [-0.25, -0.2) is 4.98 Å². The zero-order chi connectivity index (χ0) is 21.4. The van der Waals surface area contributed by atoms with E-state index < -0.39 is 0 Å². The van der Waals surface area contributed by atoms with E-state index in [1.54, 1.807) is 11.3 Å². The summed E-state index contributed by atoms with van der Waals surface area (Å²) in [4.78, 5) is 21.6. The molecule has 0 aliphatic carbocycles. The summed E-state index contributed by atoms with van der Waals surface area (Å²) >= 11 is 1.56. The molecule has 0 bridgehead atoms. The number of hydrogen-bond acceptors (Lipinski definition) is 8. The monoisotopic (exact) mass is 428 g/mol. The molecule has 31 heavy (non-hydrogen) atoms. The van der Waals surface area contributed by atoms with Gasteiger partial charge in [0.1, 0.15) is 11.6 Å². The molecule has 1 aromatic carbocycles. The van der Waals surface area contributed by atoms with Crippen molar-refractivity contribution in [3.05, 3.63) is 64.8 Å². The van der Waals surface area contributed by atoms with Crippen molar-refractivity contribution in [2.75, 3.05) is 11.9 Å². The van der Waals surface area contributed by atoms with Crippen LogP contribution in [0.5, 0.6) is 5.88 Å². The smallest absolute Gasteiger partial charge is 0.269 e. The van der Waals surface area contributed by atoms with Gasteiger partial charge in [0, 0.05) is 5.56 Å². The van der Waals surface area contributed by atoms with Crippen LogP contribution in [0.2, 0.25) is 0 Å². The molecule has 0 atom stereocenters. The van der Waals surface area contributed by atoms with E-state index >= 15 is 0 Å². The van der Waals surface area contributed by atoms with Crippen molar-refractivity contribution in [3.8, 4) is 33.6 Å². The van der Waals surface area contributed by atoms with Gasteiger partial charge < -0.3 is 10.1 Å². The summed E-state index contributed by atoms with van der Waals surface area (Å²) in [7, 11) is 0. The van der Waals surface area contributed by atoms with Gasteiger partial charge in [0.25, 0.3) is 5.91 Å². The molecule has 1 N–H and O–H groups in total. The first-order valence-corrected chi connectivity index (χ1v) is 10.4. The van der Waals surface area contributed by atoms with Crippen molar-refractivity contribution < 1.29 is 9.53 Å². The van der Waals surface area contributed by atoms with Crippen molar-refractivity contribution >= 4 is 23.2 Å². The molecule has 1 aliphatic heterocycles. The second-order valence-corrected chi connectivity index (χ2v) is 7.94. The molecule has 3 aromatic heterocycles. The lowest BCUT2D eigenvalue weighted by molar-refractivity contribution is 0.0928. The highest BCUT2D eigenvalue weighted by molar-refractivity contribution is 7.13. The highest BCUT2D eigenvalue weighted by Crippen LogP contribution is 2.35. The van der Waals surface area contributed by atoms with E-state index in [0.717, 1.165) is 27.3 Å². The fourth-order valence-corrected chi connectivity index (χ4v) is 4.00. The highest BCUT2D eigenvalue weighted by atomic mass is 32.1. The van der Waals surface area contributed by atoms with Crippen molar-refractivity contribution in [1.29, 1.82) is 5.26 Å². The van der Waals surface area contributed by atoms with Crippen LogP contribution < -0.4 is 10.1 Å². The number of benzene rings is 1. The lowest BCUT2D eigenvalue weighted by Gasteiger charge is -2.12. The number of pyridine rings is 1. The Morgan fingerprint density at radius 2 is 2.10 bits per heavy atom. The van der Waals surface area contributed by atoms with Gasteiger partial charge in [0.2, 0.25) is 11.8 Å². The Morgan fingerprint density at radius 1 is 1.26 bits per heavy atom. The SMILES string of the molecule is Cc1ccc(-c2cc(-c3cccs3)nc(OCc3nc4n(n3)C(=O)CN4)c2C#N)cc1. The van der Waals surface area contributed by atoms with Gasteiger partial charge in [-0.1, -0.05) is 35.9 Å². The quantitative estimate of drug-likeness (QED) is 0.514. The molecule has 1 aliphatic rings. The van der Waals surface area contributed by atoms with Crippen molar-refractivity contribution in [2.24, 2.45) is 0 Å². The molecule has 0 radical (unpaired) electrons. The molecule has 0 unspecified atom stereocenters. The minimum Gasteiger partial charge on any atom is -0.468 e. The largest absolute Gasteiger partial charge is 0.468 e. The molecule has 8 nitrogen and oxygen atoms in total. The third kappa shape index (κ3) is 3.53. The number of hydrogen-bond donors (Lipinski definition) is 1. The zero-order valence-corrected chi connectivity index (χ0v) is 17.3. The van der Waals surface area contributed by atoms with Crippen LogP contribution in [0, 0.1) is 18.3 Å². The molecular formula is C22H16N6O2S. The Kier molecular flexibility index (Phi) is 4.69. The maximum absolute atomic E-state index is 11.8. The van der Waals surface area contributed by atoms with Gasteiger partial charge in [-0.05, 0) is 30.0 Å². The van der Waals surface area contributed by atoms with Gasteiger partial charge in [-0.3, -0.25) is 4.79 Å². The lowest BCUT2D eigenvalue weighted by atomic mass is 9.99. The Morgan fingerprint density at radius 3 is 2.81 bits per heavy atom. The maximum atomic E-state index is 11.8. The minimum absolute atomic E-state index is 0.0160. The standard InChI is InChI=1S/C22H16N6O2S/c1-13-4-6-14(7-5-13)15-9-17(18-3-2-8-31-18)25-21(16(15)10-23)30-12-19-26-22-24-11-20(29)28(22)27-19/h2-9H,11-12H2,1H3,(H,24,26,27). The number of ether oxygens (including phenoxy) is 1. The molecular weight excluding hydrogens is 412 g/mol. The van der Waals surface area contributed by atoms with Gasteiger partial charge in [-0.15, -0.1) is 16.4 Å². The van der Waals surface area contributed by atoms with E-state index in [1.807, 2.05) is 54.8 Å². The van der Waals surface area contributed by atoms with E-state index in [0.29, 0.717) is 17.3 Å². The normalized spacial score (nSPS) is 12.3. The van der Waals surface area contributed by atoms with Crippen LogP contribution in [-0.4, -0.2) is 32.2 Å². The number of carbonyl (C=O) groups excluding carboxylic acids is 1. The lowest BCUT2D eigenvalue weighted by Crippen LogP contribution is -2.12. The fraction of sp³-hybridized carbons (Fsp3) is 0.136. The molecule has 4 aromatic rings. The number of nitriles is 1. The van der Waals surface area contributed by atoms with E-state index in [4.69, 9.17) is 4.74 Å². The third-order valence-electron chi connectivity index (χ3n) is 4.86. The highest BCUT2D eigenvalue weighted by Gasteiger charge is 2.23. The Balaban J connectivity index is 1.55. The van der Waals surface area contributed by atoms with Gasteiger partial charge >= 0.3 is 0 Å². The summed E-state index contributed by atoms with van der Waals surface area (Å²) in [6.45, 7) is 2.18. The second kappa shape index (κ2) is 7.66. The van der Waals surface area contributed by atoms with Crippen LogP contribution in [0.1, 0.15) is 21.7 Å². The zero-order valence-electron chi connectivity index (χ0n) is 16.5. The number of nitrogens with zero attached hydrogens (tertiary/aromatic N) is 5. The summed E-state index contributed by atoms with van der Waals surface area (Å²) in [5.74, 6) is 0.758. The Hall–Kier alpha value is -4.03. The molecule has 0 amide bonds. The summed E-state index contributed by atoms with van der Waals surface area (Å²) in [6, 6.07) is 16.0. The van der Waals surface area contributed by atoms with Crippen LogP contribution >= 0.6 is 11.3 Å². The topological polar surface area (TPSA) is 106 Å². The number of carbonyl (C=O) groups is 1. The van der Waals surface area contributed by atoms with Gasteiger partial charge in [0.05, 0.1) is 17.1 Å². The molecule has 9 heteroatoms. The molecule has 0 saturated carbocycles. The number of aromatic nitrogens is 4. The first-order chi connectivity index (χ1) is 15.1. The average molecular weight is 428 g/mol. The maximum Gasteiger partial charge on any atom is 0.269 e. The molecule has 152 valence electrons. The van der Waals surface area contributed by atoms with Gasteiger partial charge in [-0.2, -0.15) is 14.9 Å². The Bertz CT molecular complexity index is 1320. The first-order valence-electron chi connectivity index (χ1n) is 9.54. The van der Waals surface area contributed by atoms with Crippen molar-refractivity contribution in [3.63, 3.8) is 0 Å². The minimum atomic E-state index is -0.175. The van der Waals surface area contributed by atoms with Crippen LogP contribution in [0.25, 0.3) is 21.7 Å². The van der Waals surface area contributed by atoms with E-state index in [2.05, 4.69) is 26.5 Å². The van der Waals surface area contributed by atoms with E-state index in [9.17, 15) is 10.1 Å². The van der Waals surface area contributed by atoms with Crippen molar-refractivity contribution in [2.45, 2.75) is 13.5 Å². The number of thiophene rings is 1. The van der Waals surface area contributed by atoms with Gasteiger partial charge in [0.15, 0.2) is 12.4 Å². The number of fused-ring (bicyclic) bond motifs is 1. The summed E-state index contributed by atoms with van der Waals surface area (Å²) in [6.07, 6.45) is 0. The number of nitrogens with one attached hydrogen (secondary N) is 1. The van der Waals surface area contributed by atoms with Crippen LogP contribution in [0.15, 0.2) is 47.8 Å². The number of aryl methyl sites for hydroxylation is 1. The van der Waals surface area contributed by atoms with E-state index in [1.165, 1.54) is 4.68 Å². The molecule has 4 heterocycles. The average Bonchev–Trinajstić information content (AvgIpc) is 3.52. The summed E-state index contributed by atoms with van der Waals surface area (Å²) in [5.41, 5.74) is 3.84. The molecule has 0 spiro atoms.